The van der Waals surface area contributed by atoms with E-state index in [1.807, 2.05) is 54.6 Å². The summed E-state index contributed by atoms with van der Waals surface area (Å²) in [4.78, 5) is 25.3. The molecule has 178 valence electrons. The van der Waals surface area contributed by atoms with E-state index in [2.05, 4.69) is 0 Å². The standard InChI is InChI=1S/C28H25NO6/c1-29(28(32)22-13-11-21(12-14-22)25-10-5-15-33-25)17-23-7-2-3-9-26(23)35-18-20-6-4-8-24(16-20)34-19-27(30)31/h2-16H,17-19H2,1H3,(H,30,31). The number of carbonyl (C=O) groups is 2. The van der Waals surface area contributed by atoms with E-state index in [0.717, 1.165) is 22.5 Å². The van der Waals surface area contributed by atoms with Gasteiger partial charge in [-0.1, -0.05) is 42.5 Å². The van der Waals surface area contributed by atoms with E-state index in [1.165, 1.54) is 0 Å². The van der Waals surface area contributed by atoms with Crippen LogP contribution in [0.3, 0.4) is 0 Å². The monoisotopic (exact) mass is 471 g/mol. The van der Waals surface area contributed by atoms with Crippen molar-refractivity contribution in [1.82, 2.24) is 4.90 Å². The Hall–Kier alpha value is -4.52. The van der Waals surface area contributed by atoms with E-state index < -0.39 is 12.6 Å². The Morgan fingerprint density at radius 2 is 1.71 bits per heavy atom. The van der Waals surface area contributed by atoms with Crippen molar-refractivity contribution in [3.63, 3.8) is 0 Å². The summed E-state index contributed by atoms with van der Waals surface area (Å²) in [5.41, 5.74) is 3.20. The van der Waals surface area contributed by atoms with Crippen LogP contribution in [0, 0.1) is 0 Å². The van der Waals surface area contributed by atoms with Crippen LogP contribution in [0.15, 0.2) is 95.6 Å². The lowest BCUT2D eigenvalue weighted by atomic mass is 10.1. The van der Waals surface area contributed by atoms with Crippen LogP contribution in [-0.4, -0.2) is 35.5 Å². The van der Waals surface area contributed by atoms with Gasteiger partial charge in [-0.2, -0.15) is 0 Å². The van der Waals surface area contributed by atoms with Gasteiger partial charge in [0.05, 0.1) is 6.26 Å². The summed E-state index contributed by atoms with van der Waals surface area (Å²) < 4.78 is 16.7. The average Bonchev–Trinajstić information content (AvgIpc) is 3.42. The lowest BCUT2D eigenvalue weighted by Gasteiger charge is -2.20. The van der Waals surface area contributed by atoms with E-state index >= 15 is 0 Å². The molecule has 1 N–H and O–H groups in total. The number of hydrogen-bond donors (Lipinski definition) is 1. The number of rotatable bonds is 10. The van der Waals surface area contributed by atoms with Gasteiger partial charge in [-0.15, -0.1) is 0 Å². The third-order valence-electron chi connectivity index (χ3n) is 5.32. The Balaban J connectivity index is 1.39. The molecule has 7 heteroatoms. The third kappa shape index (κ3) is 6.29. The second-order valence-corrected chi connectivity index (χ2v) is 7.94. The predicted molar refractivity (Wildman–Crippen MR) is 130 cm³/mol. The van der Waals surface area contributed by atoms with Gasteiger partial charge < -0.3 is 23.9 Å². The molecule has 1 amide bonds. The smallest absolute Gasteiger partial charge is 0.341 e. The summed E-state index contributed by atoms with van der Waals surface area (Å²) in [6.07, 6.45) is 1.62. The molecule has 1 heterocycles. The van der Waals surface area contributed by atoms with Crippen molar-refractivity contribution in [3.05, 3.63) is 108 Å². The number of carboxylic acids is 1. The van der Waals surface area contributed by atoms with Crippen molar-refractivity contribution in [2.75, 3.05) is 13.7 Å². The molecule has 0 saturated heterocycles. The van der Waals surface area contributed by atoms with E-state index in [4.69, 9.17) is 19.0 Å². The number of para-hydroxylation sites is 1. The molecule has 3 aromatic carbocycles. The topological polar surface area (TPSA) is 89.2 Å². The molecule has 0 aliphatic rings. The number of benzene rings is 3. The molecule has 0 bridgehead atoms. The number of carboxylic acid groups (broad SMARTS) is 1. The van der Waals surface area contributed by atoms with Gasteiger partial charge in [0.2, 0.25) is 0 Å². The molecule has 0 fully saturated rings. The predicted octanol–water partition coefficient (Wildman–Crippen LogP) is 5.26. The van der Waals surface area contributed by atoms with Crippen molar-refractivity contribution in [2.45, 2.75) is 13.2 Å². The summed E-state index contributed by atoms with van der Waals surface area (Å²) in [5.74, 6) is 0.742. The largest absolute Gasteiger partial charge is 0.489 e. The summed E-state index contributed by atoms with van der Waals surface area (Å²) in [6.45, 7) is 0.239. The minimum atomic E-state index is -1.03. The fourth-order valence-electron chi connectivity index (χ4n) is 3.57. The number of furan rings is 1. The molecule has 0 saturated carbocycles. The van der Waals surface area contributed by atoms with Crippen molar-refractivity contribution >= 4 is 11.9 Å². The maximum absolute atomic E-state index is 13.0. The molecule has 4 rings (SSSR count). The molecule has 0 radical (unpaired) electrons. The zero-order chi connectivity index (χ0) is 24.6. The number of ether oxygens (including phenoxy) is 2. The van der Waals surface area contributed by atoms with Gasteiger partial charge in [0.15, 0.2) is 6.61 Å². The van der Waals surface area contributed by atoms with Crippen LogP contribution in [0.5, 0.6) is 11.5 Å². The Bertz CT molecular complexity index is 1280. The summed E-state index contributed by atoms with van der Waals surface area (Å²) in [7, 11) is 1.75. The minimum absolute atomic E-state index is 0.103. The molecule has 0 aliphatic carbocycles. The highest BCUT2D eigenvalue weighted by Gasteiger charge is 2.15. The van der Waals surface area contributed by atoms with E-state index in [0.29, 0.717) is 23.6 Å². The van der Waals surface area contributed by atoms with Crippen LogP contribution in [-0.2, 0) is 17.9 Å². The zero-order valence-corrected chi connectivity index (χ0v) is 19.2. The van der Waals surface area contributed by atoms with Gasteiger partial charge >= 0.3 is 5.97 Å². The van der Waals surface area contributed by atoms with Crippen molar-refractivity contribution in [3.8, 4) is 22.8 Å². The summed E-state index contributed by atoms with van der Waals surface area (Å²) in [5, 5.41) is 8.78. The maximum atomic E-state index is 13.0. The number of carbonyl (C=O) groups excluding carboxylic acids is 1. The van der Waals surface area contributed by atoms with Crippen LogP contribution >= 0.6 is 0 Å². The van der Waals surface area contributed by atoms with Gasteiger partial charge in [0.25, 0.3) is 5.91 Å². The Kier molecular flexibility index (Phi) is 7.47. The van der Waals surface area contributed by atoms with Crippen LogP contribution < -0.4 is 9.47 Å². The Labute approximate surface area is 203 Å². The fraction of sp³-hybridized carbons (Fsp3) is 0.143. The first-order valence-corrected chi connectivity index (χ1v) is 11.0. The second-order valence-electron chi connectivity index (χ2n) is 7.94. The molecule has 4 aromatic rings. The molecule has 0 spiro atoms. The van der Waals surface area contributed by atoms with Gasteiger partial charge in [0.1, 0.15) is 23.9 Å². The molecule has 35 heavy (non-hydrogen) atoms. The molecule has 0 atom stereocenters. The molecule has 0 unspecified atom stereocenters. The van der Waals surface area contributed by atoms with E-state index in [9.17, 15) is 9.59 Å². The van der Waals surface area contributed by atoms with Crippen LogP contribution in [0.25, 0.3) is 11.3 Å². The van der Waals surface area contributed by atoms with Gasteiger partial charge in [-0.05, 0) is 48.0 Å². The van der Waals surface area contributed by atoms with Gasteiger partial charge in [-0.25, -0.2) is 4.79 Å². The molecular formula is C28H25NO6. The van der Waals surface area contributed by atoms with Crippen molar-refractivity contribution in [2.24, 2.45) is 0 Å². The number of nitrogens with zero attached hydrogens (tertiary/aromatic N) is 1. The molecule has 0 aliphatic heterocycles. The minimum Gasteiger partial charge on any atom is -0.489 e. The lowest BCUT2D eigenvalue weighted by molar-refractivity contribution is -0.139. The van der Waals surface area contributed by atoms with Gasteiger partial charge in [-0.3, -0.25) is 4.79 Å². The highest BCUT2D eigenvalue weighted by atomic mass is 16.5. The summed E-state index contributed by atoms with van der Waals surface area (Å²) >= 11 is 0. The number of aliphatic carboxylic acids is 1. The number of hydrogen-bond acceptors (Lipinski definition) is 5. The normalized spacial score (nSPS) is 10.5. The number of amides is 1. The SMILES string of the molecule is CN(Cc1ccccc1OCc1cccc(OCC(=O)O)c1)C(=O)c1ccc(-c2ccco2)cc1. The lowest BCUT2D eigenvalue weighted by Crippen LogP contribution is -2.26. The second kappa shape index (κ2) is 11.1. The van der Waals surface area contributed by atoms with Gasteiger partial charge in [0, 0.05) is 30.3 Å². The van der Waals surface area contributed by atoms with E-state index in [-0.39, 0.29) is 12.5 Å². The zero-order valence-electron chi connectivity index (χ0n) is 19.2. The molecule has 7 nitrogen and oxygen atoms in total. The van der Waals surface area contributed by atoms with Crippen molar-refractivity contribution < 1.29 is 28.6 Å². The maximum Gasteiger partial charge on any atom is 0.341 e. The van der Waals surface area contributed by atoms with Crippen LogP contribution in [0.4, 0.5) is 0 Å². The van der Waals surface area contributed by atoms with Crippen LogP contribution in [0.2, 0.25) is 0 Å². The average molecular weight is 472 g/mol. The quantitative estimate of drug-likeness (QED) is 0.339. The molecule has 1 aromatic heterocycles. The molecular weight excluding hydrogens is 446 g/mol. The van der Waals surface area contributed by atoms with Crippen LogP contribution in [0.1, 0.15) is 21.5 Å². The summed E-state index contributed by atoms with van der Waals surface area (Å²) in [6, 6.07) is 25.7. The van der Waals surface area contributed by atoms with Crippen molar-refractivity contribution in [1.29, 1.82) is 0 Å². The third-order valence-corrected chi connectivity index (χ3v) is 5.32. The van der Waals surface area contributed by atoms with E-state index in [1.54, 1.807) is 48.5 Å². The highest BCUT2D eigenvalue weighted by Crippen LogP contribution is 2.24. The first kappa shape index (κ1) is 23.6. The Morgan fingerprint density at radius 3 is 2.46 bits per heavy atom. The first-order chi connectivity index (χ1) is 17.0. The fourth-order valence-corrected chi connectivity index (χ4v) is 3.57. The Morgan fingerprint density at radius 1 is 0.914 bits per heavy atom. The highest BCUT2D eigenvalue weighted by molar-refractivity contribution is 5.94. The first-order valence-electron chi connectivity index (χ1n) is 11.0.